The lowest BCUT2D eigenvalue weighted by atomic mass is 10.0. The van der Waals surface area contributed by atoms with E-state index in [-0.39, 0.29) is 17.9 Å². The Hall–Kier alpha value is -2.36. The highest BCUT2D eigenvalue weighted by atomic mass is 16.2. The summed E-state index contributed by atoms with van der Waals surface area (Å²) < 4.78 is 0. The molecule has 2 amide bonds. The number of hydrogen-bond donors (Lipinski definition) is 2. The largest absolute Gasteiger partial charge is 0.354 e. The Bertz CT molecular complexity index is 637. The van der Waals surface area contributed by atoms with Crippen molar-refractivity contribution in [1.29, 1.82) is 0 Å². The molecule has 0 heterocycles. The smallest absolute Gasteiger partial charge is 0.217 e. The fraction of sp³-hybridized carbons (Fsp3) is 0.250. The predicted molar refractivity (Wildman–Crippen MR) is 79.2 cm³/mol. The van der Waals surface area contributed by atoms with E-state index in [9.17, 15) is 9.59 Å². The van der Waals surface area contributed by atoms with Crippen LogP contribution < -0.4 is 10.6 Å². The molecule has 2 aromatic carbocycles. The number of nitrogens with one attached hydrogen (secondary N) is 2. The zero-order valence-corrected chi connectivity index (χ0v) is 11.6. The van der Waals surface area contributed by atoms with Crippen molar-refractivity contribution in [3.63, 3.8) is 0 Å². The molecule has 0 saturated carbocycles. The predicted octanol–water partition coefficient (Wildman–Crippen LogP) is 2.15. The fourth-order valence-corrected chi connectivity index (χ4v) is 2.17. The Labute approximate surface area is 118 Å². The first-order valence-electron chi connectivity index (χ1n) is 6.56. The third-order valence-corrected chi connectivity index (χ3v) is 3.11. The quantitative estimate of drug-likeness (QED) is 0.894. The van der Waals surface area contributed by atoms with Gasteiger partial charge in [-0.1, -0.05) is 36.4 Å². The van der Waals surface area contributed by atoms with Gasteiger partial charge in [-0.25, -0.2) is 0 Å². The summed E-state index contributed by atoms with van der Waals surface area (Å²) in [5, 5.41) is 7.87. The van der Waals surface area contributed by atoms with Gasteiger partial charge in [0.1, 0.15) is 0 Å². The number of carbonyl (C=O) groups is 2. The second-order valence-electron chi connectivity index (χ2n) is 4.80. The monoisotopic (exact) mass is 270 g/mol. The molecule has 2 aromatic rings. The molecule has 0 aliphatic heterocycles. The molecule has 0 aliphatic rings. The molecule has 0 spiro atoms. The molecule has 1 atom stereocenters. The van der Waals surface area contributed by atoms with Crippen molar-refractivity contribution >= 4 is 22.6 Å². The molecule has 0 bridgehead atoms. The Kier molecular flexibility index (Phi) is 4.35. The second kappa shape index (κ2) is 6.19. The summed E-state index contributed by atoms with van der Waals surface area (Å²) in [5.74, 6) is -0.227. The van der Waals surface area contributed by atoms with E-state index < -0.39 is 0 Å². The summed E-state index contributed by atoms with van der Waals surface area (Å²) in [6.45, 7) is 3.32. The lowest BCUT2D eigenvalue weighted by Crippen LogP contribution is -2.36. The van der Waals surface area contributed by atoms with Crippen LogP contribution in [0.25, 0.3) is 10.8 Å². The first kappa shape index (κ1) is 14.1. The fourth-order valence-electron chi connectivity index (χ4n) is 2.17. The molecular formula is C16H18N2O2. The lowest BCUT2D eigenvalue weighted by Gasteiger charge is -2.19. The molecule has 0 radical (unpaired) electrons. The third-order valence-electron chi connectivity index (χ3n) is 3.11. The lowest BCUT2D eigenvalue weighted by molar-refractivity contribution is -0.121. The highest BCUT2D eigenvalue weighted by molar-refractivity contribution is 5.83. The van der Waals surface area contributed by atoms with Crippen LogP contribution in [0.5, 0.6) is 0 Å². The van der Waals surface area contributed by atoms with Gasteiger partial charge in [0.2, 0.25) is 11.8 Å². The molecule has 0 saturated heterocycles. The molecule has 104 valence electrons. The van der Waals surface area contributed by atoms with Crippen LogP contribution in [-0.4, -0.2) is 18.4 Å². The number of fused-ring (bicyclic) bond motifs is 1. The Morgan fingerprint density at radius 2 is 1.70 bits per heavy atom. The van der Waals surface area contributed by atoms with Crippen LogP contribution >= 0.6 is 0 Å². The van der Waals surface area contributed by atoms with Gasteiger partial charge in [-0.15, -0.1) is 0 Å². The van der Waals surface area contributed by atoms with Crippen molar-refractivity contribution in [3.8, 4) is 0 Å². The zero-order valence-electron chi connectivity index (χ0n) is 11.6. The van der Waals surface area contributed by atoms with E-state index in [0.29, 0.717) is 6.54 Å². The van der Waals surface area contributed by atoms with Crippen molar-refractivity contribution in [2.45, 2.75) is 19.9 Å². The number of amides is 2. The Balaban J connectivity index is 2.28. The van der Waals surface area contributed by atoms with Crippen LogP contribution in [0.3, 0.4) is 0 Å². The normalized spacial score (nSPS) is 11.9. The molecular weight excluding hydrogens is 252 g/mol. The summed E-state index contributed by atoms with van der Waals surface area (Å²) >= 11 is 0. The van der Waals surface area contributed by atoms with Crippen molar-refractivity contribution in [1.82, 2.24) is 10.6 Å². The topological polar surface area (TPSA) is 58.2 Å². The Morgan fingerprint density at radius 1 is 1.00 bits per heavy atom. The minimum absolute atomic E-state index is 0.110. The van der Waals surface area contributed by atoms with Crippen molar-refractivity contribution in [2.24, 2.45) is 0 Å². The summed E-state index contributed by atoms with van der Waals surface area (Å²) in [6.07, 6.45) is 0. The van der Waals surface area contributed by atoms with Gasteiger partial charge in [-0.3, -0.25) is 9.59 Å². The number of hydrogen-bond acceptors (Lipinski definition) is 2. The Morgan fingerprint density at radius 3 is 2.35 bits per heavy atom. The van der Waals surface area contributed by atoms with Crippen LogP contribution in [-0.2, 0) is 9.59 Å². The maximum Gasteiger partial charge on any atom is 0.217 e. The van der Waals surface area contributed by atoms with Crippen molar-refractivity contribution < 1.29 is 9.59 Å². The van der Waals surface area contributed by atoms with Gasteiger partial charge in [-0.05, 0) is 22.4 Å². The van der Waals surface area contributed by atoms with Crippen LogP contribution in [0.2, 0.25) is 0 Å². The molecule has 0 fully saturated rings. The van der Waals surface area contributed by atoms with Crippen molar-refractivity contribution in [3.05, 3.63) is 48.0 Å². The zero-order chi connectivity index (χ0) is 14.5. The van der Waals surface area contributed by atoms with Crippen molar-refractivity contribution in [2.75, 3.05) is 6.54 Å². The summed E-state index contributed by atoms with van der Waals surface area (Å²) in [4.78, 5) is 22.4. The summed E-state index contributed by atoms with van der Waals surface area (Å²) in [5.41, 5.74) is 0.979. The van der Waals surface area contributed by atoms with Gasteiger partial charge in [-0.2, -0.15) is 0 Å². The highest BCUT2D eigenvalue weighted by Gasteiger charge is 2.13. The van der Waals surface area contributed by atoms with Gasteiger partial charge in [0.05, 0.1) is 6.04 Å². The van der Waals surface area contributed by atoms with Crippen LogP contribution in [0.15, 0.2) is 42.5 Å². The molecule has 0 aromatic heterocycles. The van der Waals surface area contributed by atoms with E-state index in [2.05, 4.69) is 10.6 Å². The third kappa shape index (κ3) is 3.57. The van der Waals surface area contributed by atoms with E-state index in [1.807, 2.05) is 42.5 Å². The summed E-state index contributed by atoms with van der Waals surface area (Å²) in [6, 6.07) is 13.9. The van der Waals surface area contributed by atoms with Gasteiger partial charge in [0, 0.05) is 20.4 Å². The maximum atomic E-state index is 11.3. The molecule has 2 N–H and O–H groups in total. The molecule has 0 aliphatic carbocycles. The number of rotatable bonds is 4. The molecule has 0 unspecified atom stereocenters. The molecule has 4 nitrogen and oxygen atoms in total. The van der Waals surface area contributed by atoms with E-state index in [0.717, 1.165) is 16.3 Å². The van der Waals surface area contributed by atoms with Crippen LogP contribution in [0.1, 0.15) is 25.5 Å². The van der Waals surface area contributed by atoms with Gasteiger partial charge >= 0.3 is 0 Å². The van der Waals surface area contributed by atoms with E-state index in [1.165, 1.54) is 13.8 Å². The first-order chi connectivity index (χ1) is 9.56. The average Bonchev–Trinajstić information content (AvgIpc) is 2.42. The van der Waals surface area contributed by atoms with Gasteiger partial charge in [0.25, 0.3) is 0 Å². The minimum Gasteiger partial charge on any atom is -0.354 e. The highest BCUT2D eigenvalue weighted by Crippen LogP contribution is 2.20. The van der Waals surface area contributed by atoms with Crippen LogP contribution in [0.4, 0.5) is 0 Å². The number of benzene rings is 2. The van der Waals surface area contributed by atoms with E-state index in [4.69, 9.17) is 0 Å². The first-order valence-corrected chi connectivity index (χ1v) is 6.56. The molecule has 2 rings (SSSR count). The molecule has 4 heteroatoms. The maximum absolute atomic E-state index is 11.3. The molecule has 20 heavy (non-hydrogen) atoms. The second-order valence-corrected chi connectivity index (χ2v) is 4.80. The average molecular weight is 270 g/mol. The van der Waals surface area contributed by atoms with Gasteiger partial charge in [0.15, 0.2) is 0 Å². The van der Waals surface area contributed by atoms with E-state index >= 15 is 0 Å². The summed E-state index contributed by atoms with van der Waals surface area (Å²) in [7, 11) is 0. The van der Waals surface area contributed by atoms with Crippen LogP contribution in [0, 0.1) is 0 Å². The van der Waals surface area contributed by atoms with Gasteiger partial charge < -0.3 is 10.6 Å². The van der Waals surface area contributed by atoms with E-state index in [1.54, 1.807) is 0 Å². The standard InChI is InChI=1S/C16H18N2O2/c1-11(19)17-10-16(18-12(2)20)15-8-7-13-5-3-4-6-14(13)9-15/h3-9,16H,10H2,1-2H3,(H,17,19)(H,18,20)/t16-/m0/s1. The number of carbonyl (C=O) groups excluding carboxylic acids is 2. The SMILES string of the molecule is CC(=O)NC[C@H](NC(C)=O)c1ccc2ccccc2c1. The minimum atomic E-state index is -0.221.